The molecule has 0 saturated carbocycles. The number of esters is 1. The van der Waals surface area contributed by atoms with Crippen LogP contribution in [0.2, 0.25) is 0 Å². The molecule has 15 heavy (non-hydrogen) atoms. The van der Waals surface area contributed by atoms with Crippen molar-refractivity contribution in [3.05, 3.63) is 12.2 Å². The minimum absolute atomic E-state index is 0.118. The number of hydrogen-bond donors (Lipinski definition) is 1. The maximum absolute atomic E-state index is 11.4. The van der Waals surface area contributed by atoms with Gasteiger partial charge in [-0.3, -0.25) is 4.79 Å². The molecule has 0 aliphatic heterocycles. The molecule has 0 aliphatic rings. The summed E-state index contributed by atoms with van der Waals surface area (Å²) in [5.41, 5.74) is -0.205. The molecule has 4 nitrogen and oxygen atoms in total. The first kappa shape index (κ1) is 13.7. The van der Waals surface area contributed by atoms with Crippen molar-refractivity contribution >= 4 is 11.9 Å². The van der Waals surface area contributed by atoms with E-state index in [0.29, 0.717) is 6.61 Å². The molecule has 0 bridgehead atoms. The topological polar surface area (TPSA) is 55.4 Å². The van der Waals surface area contributed by atoms with Crippen LogP contribution in [0.5, 0.6) is 0 Å². The van der Waals surface area contributed by atoms with E-state index in [-0.39, 0.29) is 18.0 Å². The van der Waals surface area contributed by atoms with Crippen LogP contribution >= 0.6 is 0 Å². The molecule has 0 saturated heterocycles. The van der Waals surface area contributed by atoms with E-state index >= 15 is 0 Å². The van der Waals surface area contributed by atoms with Crippen LogP contribution in [0.3, 0.4) is 0 Å². The van der Waals surface area contributed by atoms with Crippen molar-refractivity contribution in [2.24, 2.45) is 5.41 Å². The highest BCUT2D eigenvalue weighted by Crippen LogP contribution is 2.12. The van der Waals surface area contributed by atoms with Crippen molar-refractivity contribution in [2.75, 3.05) is 13.2 Å². The summed E-state index contributed by atoms with van der Waals surface area (Å²) in [4.78, 5) is 22.6. The lowest BCUT2D eigenvalue weighted by atomic mass is 9.95. The molecule has 0 aromatic heterocycles. The molecular formula is C11H19NO3. The van der Waals surface area contributed by atoms with E-state index in [1.165, 1.54) is 0 Å². The molecule has 0 heterocycles. The third-order valence-corrected chi connectivity index (χ3v) is 1.71. The van der Waals surface area contributed by atoms with E-state index in [1.807, 2.05) is 0 Å². The van der Waals surface area contributed by atoms with E-state index in [2.05, 4.69) is 11.9 Å². The monoisotopic (exact) mass is 213 g/mol. The quantitative estimate of drug-likeness (QED) is 0.565. The lowest BCUT2D eigenvalue weighted by Crippen LogP contribution is -2.36. The number of amides is 1. The van der Waals surface area contributed by atoms with Gasteiger partial charge in [0.1, 0.15) is 0 Å². The normalized spacial score (nSPS) is 10.7. The second-order valence-corrected chi connectivity index (χ2v) is 4.26. The molecule has 0 aromatic carbocycles. The van der Waals surface area contributed by atoms with Crippen molar-refractivity contribution < 1.29 is 14.3 Å². The number of rotatable bonds is 4. The van der Waals surface area contributed by atoms with E-state index in [9.17, 15) is 9.59 Å². The molecule has 0 atom stereocenters. The summed E-state index contributed by atoms with van der Waals surface area (Å²) in [6.07, 6.45) is 0. The smallest absolute Gasteiger partial charge is 0.335 e. The molecule has 4 heteroatoms. The van der Waals surface area contributed by atoms with E-state index < -0.39 is 11.4 Å². The number of nitrogens with one attached hydrogen (secondary N) is 1. The number of carbonyl (C=O) groups excluding carboxylic acids is 2. The fourth-order valence-corrected chi connectivity index (χ4v) is 0.757. The van der Waals surface area contributed by atoms with Gasteiger partial charge in [0.05, 0.1) is 6.61 Å². The molecule has 0 rings (SSSR count). The fraction of sp³-hybridized carbons (Fsp3) is 0.636. The minimum Gasteiger partial charge on any atom is -0.463 e. The molecular weight excluding hydrogens is 194 g/mol. The second kappa shape index (κ2) is 5.53. The lowest BCUT2D eigenvalue weighted by Gasteiger charge is -2.17. The highest BCUT2D eigenvalue weighted by molar-refractivity contribution is 5.89. The molecule has 0 radical (unpaired) electrons. The summed E-state index contributed by atoms with van der Waals surface area (Å²) in [7, 11) is 0. The third-order valence-electron chi connectivity index (χ3n) is 1.71. The van der Waals surface area contributed by atoms with Gasteiger partial charge >= 0.3 is 5.97 Å². The molecule has 86 valence electrons. The van der Waals surface area contributed by atoms with E-state index in [0.717, 1.165) is 0 Å². The zero-order chi connectivity index (χ0) is 12.1. The van der Waals surface area contributed by atoms with Gasteiger partial charge in [-0.15, -0.1) is 0 Å². The largest absolute Gasteiger partial charge is 0.463 e. The number of ether oxygens (including phenoxy) is 1. The third kappa shape index (κ3) is 5.20. The second-order valence-electron chi connectivity index (χ2n) is 4.26. The molecule has 0 unspecified atom stereocenters. The van der Waals surface area contributed by atoms with Crippen molar-refractivity contribution in [3.8, 4) is 0 Å². The Labute approximate surface area is 90.7 Å². The van der Waals surface area contributed by atoms with Gasteiger partial charge in [0.25, 0.3) is 0 Å². The Morgan fingerprint density at radius 2 is 1.87 bits per heavy atom. The van der Waals surface area contributed by atoms with Gasteiger partial charge in [0.15, 0.2) is 0 Å². The van der Waals surface area contributed by atoms with E-state index in [4.69, 9.17) is 4.74 Å². The SMILES string of the molecule is C=C(CNC(=O)C(C)(C)C)C(=O)OCC. The van der Waals surface area contributed by atoms with Crippen LogP contribution < -0.4 is 5.32 Å². The highest BCUT2D eigenvalue weighted by Gasteiger charge is 2.21. The Kier molecular flexibility index (Phi) is 5.05. The maximum atomic E-state index is 11.4. The van der Waals surface area contributed by atoms with Gasteiger partial charge in [-0.1, -0.05) is 27.4 Å². The van der Waals surface area contributed by atoms with Gasteiger partial charge in [0, 0.05) is 17.5 Å². The van der Waals surface area contributed by atoms with Crippen LogP contribution in [-0.4, -0.2) is 25.0 Å². The van der Waals surface area contributed by atoms with Gasteiger partial charge < -0.3 is 10.1 Å². The van der Waals surface area contributed by atoms with Crippen molar-refractivity contribution in [1.29, 1.82) is 0 Å². The average molecular weight is 213 g/mol. The average Bonchev–Trinajstić information content (AvgIpc) is 2.12. The number of carbonyl (C=O) groups is 2. The Morgan fingerprint density at radius 3 is 2.27 bits per heavy atom. The zero-order valence-electron chi connectivity index (χ0n) is 9.85. The highest BCUT2D eigenvalue weighted by atomic mass is 16.5. The Morgan fingerprint density at radius 1 is 1.33 bits per heavy atom. The summed E-state index contributed by atoms with van der Waals surface area (Å²) in [6.45, 7) is 11.1. The summed E-state index contributed by atoms with van der Waals surface area (Å²) in [6, 6.07) is 0. The predicted molar refractivity (Wildman–Crippen MR) is 58.2 cm³/mol. The summed E-state index contributed by atoms with van der Waals surface area (Å²) in [5.74, 6) is -0.584. The van der Waals surface area contributed by atoms with Crippen LogP contribution in [0, 0.1) is 5.41 Å². The van der Waals surface area contributed by atoms with Gasteiger partial charge in [-0.05, 0) is 6.92 Å². The minimum atomic E-state index is -0.466. The van der Waals surface area contributed by atoms with Gasteiger partial charge in [-0.25, -0.2) is 4.79 Å². The molecule has 0 fully saturated rings. The summed E-state index contributed by atoms with van der Waals surface area (Å²) in [5, 5.41) is 2.62. The summed E-state index contributed by atoms with van der Waals surface area (Å²) < 4.78 is 4.73. The lowest BCUT2D eigenvalue weighted by molar-refractivity contribution is -0.138. The van der Waals surface area contributed by atoms with Crippen molar-refractivity contribution in [2.45, 2.75) is 27.7 Å². The number of hydrogen-bond acceptors (Lipinski definition) is 3. The van der Waals surface area contributed by atoms with Crippen LogP contribution in [0.1, 0.15) is 27.7 Å². The maximum Gasteiger partial charge on any atom is 0.335 e. The predicted octanol–water partition coefficient (Wildman–Crippen LogP) is 1.27. The van der Waals surface area contributed by atoms with Gasteiger partial charge in [-0.2, -0.15) is 0 Å². The fourth-order valence-electron chi connectivity index (χ4n) is 0.757. The van der Waals surface area contributed by atoms with Crippen LogP contribution in [0.25, 0.3) is 0 Å². The standard InChI is InChI=1S/C11H19NO3/c1-6-15-9(13)8(2)7-12-10(14)11(3,4)5/h2,6-7H2,1,3-5H3,(H,12,14). The molecule has 1 amide bonds. The van der Waals surface area contributed by atoms with Gasteiger partial charge in [0.2, 0.25) is 5.91 Å². The molecule has 1 N–H and O–H groups in total. The molecule has 0 aliphatic carbocycles. The molecule has 0 spiro atoms. The van der Waals surface area contributed by atoms with Crippen molar-refractivity contribution in [1.82, 2.24) is 5.32 Å². The summed E-state index contributed by atoms with van der Waals surface area (Å²) >= 11 is 0. The first-order chi connectivity index (χ1) is 6.79. The Bertz CT molecular complexity index is 263. The molecule has 0 aromatic rings. The Balaban J connectivity index is 4.02. The first-order valence-corrected chi connectivity index (χ1v) is 4.92. The zero-order valence-corrected chi connectivity index (χ0v) is 9.85. The van der Waals surface area contributed by atoms with Crippen LogP contribution in [-0.2, 0) is 14.3 Å². The van der Waals surface area contributed by atoms with Crippen LogP contribution in [0.4, 0.5) is 0 Å². The Hall–Kier alpha value is -1.32. The van der Waals surface area contributed by atoms with E-state index in [1.54, 1.807) is 27.7 Å². The first-order valence-electron chi connectivity index (χ1n) is 4.92. The van der Waals surface area contributed by atoms with Crippen LogP contribution in [0.15, 0.2) is 12.2 Å². The van der Waals surface area contributed by atoms with Crippen molar-refractivity contribution in [3.63, 3.8) is 0 Å².